The van der Waals surface area contributed by atoms with E-state index in [4.69, 9.17) is 0 Å². The molecule has 0 aromatic heterocycles. The van der Waals surface area contributed by atoms with Gasteiger partial charge in [-0.15, -0.1) is 0 Å². The molecule has 1 atom stereocenters. The summed E-state index contributed by atoms with van der Waals surface area (Å²) in [5, 5.41) is 0. The van der Waals surface area contributed by atoms with Gasteiger partial charge in [0.2, 0.25) is 0 Å². The van der Waals surface area contributed by atoms with E-state index in [0.717, 1.165) is 18.4 Å². The van der Waals surface area contributed by atoms with E-state index in [9.17, 15) is 4.79 Å². The average Bonchev–Trinajstić information content (AvgIpc) is 2.75. The van der Waals surface area contributed by atoms with Crippen molar-refractivity contribution in [3.8, 4) is 0 Å². The van der Waals surface area contributed by atoms with Crippen molar-refractivity contribution >= 4 is 21.8 Å². The second kappa shape index (κ2) is 19.4. The fraction of sp³-hybridized carbons (Fsp3) is 0.741. The van der Waals surface area contributed by atoms with E-state index in [1.54, 1.807) is 0 Å². The summed E-state index contributed by atoms with van der Waals surface area (Å²) in [6.07, 6.45) is 24.7. The van der Waals surface area contributed by atoms with E-state index < -0.39 is 0 Å². The molecule has 0 saturated carbocycles. The van der Waals surface area contributed by atoms with Gasteiger partial charge in [-0.3, -0.25) is 0 Å². The molecular formula is C27H45OSe. The first kappa shape index (κ1) is 26.4. The van der Waals surface area contributed by atoms with Crippen LogP contribution < -0.4 is 0 Å². The summed E-state index contributed by atoms with van der Waals surface area (Å²) in [6, 6.07) is 9.68. The third-order valence-corrected chi connectivity index (χ3v) is 6.86. The summed E-state index contributed by atoms with van der Waals surface area (Å²) >= 11 is 3.08. The second-order valence-corrected chi connectivity index (χ2v) is 9.86. The van der Waals surface area contributed by atoms with Gasteiger partial charge in [0.25, 0.3) is 0 Å². The number of benzene rings is 1. The summed E-state index contributed by atoms with van der Waals surface area (Å²) in [5.41, 5.74) is 0.836. The summed E-state index contributed by atoms with van der Waals surface area (Å²) in [6.45, 7) is 2.29. The van der Waals surface area contributed by atoms with Crippen LogP contribution in [0.15, 0.2) is 30.3 Å². The molecule has 0 heterocycles. The molecular weight excluding hydrogens is 419 g/mol. The molecule has 0 bridgehead atoms. The van der Waals surface area contributed by atoms with Crippen LogP contribution in [0.4, 0.5) is 0 Å². The van der Waals surface area contributed by atoms with Gasteiger partial charge in [0.1, 0.15) is 0 Å². The molecule has 0 fully saturated rings. The van der Waals surface area contributed by atoms with Crippen LogP contribution in [0.25, 0.3) is 0 Å². The summed E-state index contributed by atoms with van der Waals surface area (Å²) in [5.74, 6) is 0.252. The predicted molar refractivity (Wildman–Crippen MR) is 129 cm³/mol. The number of rotatable bonds is 20. The molecule has 0 aliphatic carbocycles. The Balaban J connectivity index is 1.80. The first-order valence-corrected chi connectivity index (χ1v) is 13.5. The van der Waals surface area contributed by atoms with Gasteiger partial charge in [-0.25, -0.2) is 0 Å². The Morgan fingerprint density at radius 1 is 0.655 bits per heavy atom. The van der Waals surface area contributed by atoms with Crippen LogP contribution >= 0.6 is 0 Å². The van der Waals surface area contributed by atoms with Crippen molar-refractivity contribution in [2.24, 2.45) is 0 Å². The van der Waals surface area contributed by atoms with Crippen LogP contribution in [0, 0.1) is 0 Å². The number of carbonyl (C=O) groups is 1. The molecule has 1 nitrogen and oxygen atoms in total. The normalized spacial score (nSPS) is 12.2. The van der Waals surface area contributed by atoms with Crippen molar-refractivity contribution in [2.75, 3.05) is 0 Å². The topological polar surface area (TPSA) is 17.1 Å². The van der Waals surface area contributed by atoms with Gasteiger partial charge in [0, 0.05) is 0 Å². The first-order chi connectivity index (χ1) is 14.3. The third kappa shape index (κ3) is 14.9. The van der Waals surface area contributed by atoms with E-state index in [0.29, 0.717) is 0 Å². The Hall–Kier alpha value is -0.591. The number of unbranched alkanes of at least 4 members (excludes halogenated alkanes) is 16. The molecule has 1 aromatic rings. The fourth-order valence-electron chi connectivity index (χ4n) is 3.97. The van der Waals surface area contributed by atoms with E-state index in [2.05, 4.69) is 22.9 Å². The van der Waals surface area contributed by atoms with Gasteiger partial charge in [0.05, 0.1) is 0 Å². The van der Waals surface area contributed by atoms with Crippen LogP contribution in [0.1, 0.15) is 133 Å². The molecule has 0 saturated heterocycles. The summed E-state index contributed by atoms with van der Waals surface area (Å²) in [7, 11) is 0. The van der Waals surface area contributed by atoms with Crippen molar-refractivity contribution in [1.82, 2.24) is 0 Å². The molecule has 29 heavy (non-hydrogen) atoms. The van der Waals surface area contributed by atoms with Crippen LogP contribution in [0.3, 0.4) is 0 Å². The Kier molecular flexibility index (Phi) is 17.7. The van der Waals surface area contributed by atoms with Crippen molar-refractivity contribution < 1.29 is 4.79 Å². The van der Waals surface area contributed by atoms with Crippen molar-refractivity contribution in [3.63, 3.8) is 0 Å². The Bertz CT molecular complexity index is 485. The number of hydrogen-bond acceptors (Lipinski definition) is 1. The molecule has 0 aliphatic rings. The molecule has 0 spiro atoms. The molecule has 0 N–H and O–H groups in total. The Morgan fingerprint density at radius 3 is 1.45 bits per heavy atom. The second-order valence-electron chi connectivity index (χ2n) is 8.66. The molecule has 165 valence electrons. The zero-order valence-electron chi connectivity index (χ0n) is 19.0. The van der Waals surface area contributed by atoms with E-state index >= 15 is 0 Å². The number of carbonyl (C=O) groups excluding carboxylic acids is 1. The number of hydrogen-bond donors (Lipinski definition) is 0. The van der Waals surface area contributed by atoms with Crippen LogP contribution in [0.5, 0.6) is 0 Å². The third-order valence-electron chi connectivity index (χ3n) is 5.92. The maximum absolute atomic E-state index is 12.3. The van der Waals surface area contributed by atoms with Crippen LogP contribution in [-0.4, -0.2) is 21.8 Å². The molecule has 2 heteroatoms. The molecule has 1 unspecified atom stereocenters. The molecule has 1 aromatic carbocycles. The van der Waals surface area contributed by atoms with Crippen molar-refractivity contribution in [3.05, 3.63) is 35.9 Å². The van der Waals surface area contributed by atoms with Gasteiger partial charge in [-0.2, -0.15) is 0 Å². The van der Waals surface area contributed by atoms with Crippen LogP contribution in [-0.2, 0) is 0 Å². The quantitative estimate of drug-likeness (QED) is 0.107. The SMILES string of the molecule is CCCCCCCCCCCCCCCCCCCC([Se])C(=O)c1ccccc1. The van der Waals surface area contributed by atoms with Crippen molar-refractivity contribution in [2.45, 2.75) is 127 Å². The van der Waals surface area contributed by atoms with Crippen LogP contribution in [0.2, 0.25) is 4.82 Å². The van der Waals surface area contributed by atoms with E-state index in [1.165, 1.54) is 103 Å². The fourth-order valence-corrected chi connectivity index (χ4v) is 4.61. The number of ketones is 1. The van der Waals surface area contributed by atoms with Gasteiger partial charge in [-0.1, -0.05) is 51.9 Å². The Labute approximate surface area is 189 Å². The summed E-state index contributed by atoms with van der Waals surface area (Å²) in [4.78, 5) is 12.4. The molecule has 0 amide bonds. The van der Waals surface area contributed by atoms with Gasteiger partial charge in [-0.05, 0) is 0 Å². The van der Waals surface area contributed by atoms with Gasteiger partial charge in [0.15, 0.2) is 0 Å². The van der Waals surface area contributed by atoms with Gasteiger partial charge < -0.3 is 0 Å². The minimum atomic E-state index is 0.0359. The maximum atomic E-state index is 12.3. The summed E-state index contributed by atoms with van der Waals surface area (Å²) < 4.78 is 0. The predicted octanol–water partition coefficient (Wildman–Crippen LogP) is 8.87. The first-order valence-electron chi connectivity index (χ1n) is 12.5. The van der Waals surface area contributed by atoms with E-state index in [-0.39, 0.29) is 10.6 Å². The Morgan fingerprint density at radius 2 is 1.03 bits per heavy atom. The standard InChI is InChI=1S/C27H45OSe/c1-2-3-4-5-6-7-8-9-10-11-12-13-14-15-16-17-21-24-26(29)27(28)25-22-19-18-20-23-25/h18-20,22-23,26H,2-17,21,24H2,1H3. The zero-order valence-corrected chi connectivity index (χ0v) is 20.7. The van der Waals surface area contributed by atoms with Crippen molar-refractivity contribution in [1.29, 1.82) is 0 Å². The monoisotopic (exact) mass is 465 g/mol. The minimum absolute atomic E-state index is 0.0359. The molecule has 1 rings (SSSR count). The number of Topliss-reactive ketones (excluding diaryl/α,β-unsaturated/α-hetero) is 1. The molecule has 0 aliphatic heterocycles. The molecule has 1 radical (unpaired) electrons. The van der Waals surface area contributed by atoms with Gasteiger partial charge >= 0.3 is 138 Å². The zero-order chi connectivity index (χ0) is 21.0. The van der Waals surface area contributed by atoms with E-state index in [1.807, 2.05) is 30.3 Å². The average molecular weight is 465 g/mol.